The summed E-state index contributed by atoms with van der Waals surface area (Å²) in [4.78, 5) is 26.0. The van der Waals surface area contributed by atoms with Crippen LogP contribution in [0.2, 0.25) is 19.6 Å². The number of benzene rings is 1. The molecule has 4 heteroatoms. The fourth-order valence-corrected chi connectivity index (χ4v) is 4.97. The third-order valence-corrected chi connectivity index (χ3v) is 5.76. The first-order valence-corrected chi connectivity index (χ1v) is 12.9. The van der Waals surface area contributed by atoms with Gasteiger partial charge in [0.15, 0.2) is 14.1 Å². The summed E-state index contributed by atoms with van der Waals surface area (Å²) in [5.41, 5.74) is -0.225. The Morgan fingerprint density at radius 3 is 1.92 bits per heavy atom. The fourth-order valence-electron chi connectivity index (χ4n) is 3.34. The quantitative estimate of drug-likeness (QED) is 0.554. The van der Waals surface area contributed by atoms with Gasteiger partial charge in [0.2, 0.25) is 0 Å². The predicted octanol–water partition coefficient (Wildman–Crippen LogP) is 5.61. The predicted molar refractivity (Wildman–Crippen MR) is 111 cm³/mol. The molecule has 0 aliphatic heterocycles. The van der Waals surface area contributed by atoms with Crippen LogP contribution in [0.1, 0.15) is 59.4 Å². The Hall–Kier alpha value is -1.26. The molecule has 0 aliphatic carbocycles. The van der Waals surface area contributed by atoms with Crippen LogP contribution in [0.15, 0.2) is 30.3 Å². The number of hydrogen-bond donors (Lipinski definition) is 0. The minimum atomic E-state index is -1.87. The molecule has 0 heterocycles. The van der Waals surface area contributed by atoms with E-state index in [1.54, 1.807) is 0 Å². The summed E-state index contributed by atoms with van der Waals surface area (Å²) in [5, 5.41) is 0. The Labute approximate surface area is 160 Å². The minimum absolute atomic E-state index is 0.0653. The van der Waals surface area contributed by atoms with Gasteiger partial charge in [-0.2, -0.15) is 0 Å². The van der Waals surface area contributed by atoms with Crippen LogP contribution in [0.25, 0.3) is 0 Å². The summed E-state index contributed by atoms with van der Waals surface area (Å²) in [5.74, 6) is -0.194. The second-order valence-electron chi connectivity index (χ2n) is 9.77. The van der Waals surface area contributed by atoms with Crippen molar-refractivity contribution >= 4 is 19.9 Å². The molecule has 2 unspecified atom stereocenters. The van der Waals surface area contributed by atoms with Gasteiger partial charge in [0.25, 0.3) is 0 Å². The zero-order valence-electron chi connectivity index (χ0n) is 18.0. The average molecular weight is 377 g/mol. The third kappa shape index (κ3) is 6.47. The van der Waals surface area contributed by atoms with Crippen molar-refractivity contribution in [2.24, 2.45) is 11.3 Å². The smallest absolute Gasteiger partial charge is 0.185 e. The Balaban J connectivity index is 3.17. The summed E-state index contributed by atoms with van der Waals surface area (Å²) in [7, 11) is -1.87. The Morgan fingerprint density at radius 2 is 1.50 bits per heavy atom. The molecule has 1 rings (SSSR count). The van der Waals surface area contributed by atoms with Crippen molar-refractivity contribution in [2.75, 3.05) is 0 Å². The van der Waals surface area contributed by atoms with Gasteiger partial charge in [-0.3, -0.25) is 9.59 Å². The maximum Gasteiger partial charge on any atom is 0.185 e. The highest BCUT2D eigenvalue weighted by molar-refractivity contribution is 6.70. The largest absolute Gasteiger partial charge is 0.406 e. The highest BCUT2D eigenvalue weighted by atomic mass is 28.4. The molecule has 0 bridgehead atoms. The molecule has 1 aromatic rings. The molecule has 0 aliphatic rings. The molecule has 0 amide bonds. The first-order chi connectivity index (χ1) is 11.6. The number of carbonyl (C=O) groups is 2. The zero-order valence-corrected chi connectivity index (χ0v) is 19.0. The number of carbonyl (C=O) groups excluding carboxylic acids is 2. The van der Waals surface area contributed by atoms with Crippen LogP contribution in [0, 0.1) is 11.3 Å². The van der Waals surface area contributed by atoms with Crippen molar-refractivity contribution in [1.82, 2.24) is 0 Å². The first-order valence-electron chi connectivity index (χ1n) is 9.48. The van der Waals surface area contributed by atoms with Crippen LogP contribution in [0.5, 0.6) is 0 Å². The Kier molecular flexibility index (Phi) is 7.16. The van der Waals surface area contributed by atoms with Crippen molar-refractivity contribution in [2.45, 2.75) is 79.1 Å². The molecule has 1 aromatic carbocycles. The SMILES string of the molecule is CC(C(=O)C(C)(C)O[Si](C)(C)C)C(CC(=O)C(C)(C)C)c1ccccc1. The molecule has 26 heavy (non-hydrogen) atoms. The molecule has 0 N–H and O–H groups in total. The number of Topliss-reactive ketones (excluding diaryl/α,β-unsaturated/α-hetero) is 2. The van der Waals surface area contributed by atoms with Crippen molar-refractivity contribution in [3.8, 4) is 0 Å². The van der Waals surface area contributed by atoms with E-state index in [0.717, 1.165) is 5.56 Å². The maximum absolute atomic E-state index is 13.3. The standard InChI is InChI=1S/C22H36O3Si/c1-16(20(24)22(5,6)25-26(7,8)9)18(15-19(23)21(2,3)4)17-13-11-10-12-14-17/h10-14,16,18H,15H2,1-9H3. The summed E-state index contributed by atoms with van der Waals surface area (Å²) in [6.07, 6.45) is 0.365. The van der Waals surface area contributed by atoms with Crippen LogP contribution < -0.4 is 0 Å². The summed E-state index contributed by atoms with van der Waals surface area (Å²) < 4.78 is 6.17. The Bertz CT molecular complexity index is 621. The van der Waals surface area contributed by atoms with E-state index >= 15 is 0 Å². The van der Waals surface area contributed by atoms with E-state index in [2.05, 4.69) is 19.6 Å². The zero-order chi connectivity index (χ0) is 20.3. The van der Waals surface area contributed by atoms with E-state index in [0.29, 0.717) is 6.42 Å². The molecule has 0 saturated heterocycles. The van der Waals surface area contributed by atoms with E-state index in [1.807, 2.05) is 71.9 Å². The normalized spacial score (nSPS) is 15.4. The summed E-state index contributed by atoms with van der Waals surface area (Å²) in [6, 6.07) is 9.90. The van der Waals surface area contributed by atoms with E-state index < -0.39 is 19.3 Å². The molecule has 0 spiro atoms. The highest BCUT2D eigenvalue weighted by Gasteiger charge is 2.40. The lowest BCUT2D eigenvalue weighted by Gasteiger charge is -2.36. The number of ketones is 2. The molecule has 0 aromatic heterocycles. The van der Waals surface area contributed by atoms with Gasteiger partial charge in [-0.25, -0.2) is 0 Å². The van der Waals surface area contributed by atoms with Crippen LogP contribution in [0.4, 0.5) is 0 Å². The van der Waals surface area contributed by atoms with E-state index in [1.165, 1.54) is 0 Å². The van der Waals surface area contributed by atoms with E-state index in [4.69, 9.17) is 4.43 Å². The maximum atomic E-state index is 13.3. The lowest BCUT2D eigenvalue weighted by atomic mass is 9.74. The van der Waals surface area contributed by atoms with Gasteiger partial charge >= 0.3 is 0 Å². The summed E-state index contributed by atoms with van der Waals surface area (Å²) in [6.45, 7) is 17.7. The Morgan fingerprint density at radius 1 is 1.00 bits per heavy atom. The number of rotatable bonds is 8. The lowest BCUT2D eigenvalue weighted by molar-refractivity contribution is -0.137. The van der Waals surface area contributed by atoms with E-state index in [9.17, 15) is 9.59 Å². The molecule has 0 radical (unpaired) electrons. The van der Waals surface area contributed by atoms with Crippen molar-refractivity contribution in [1.29, 1.82) is 0 Å². The van der Waals surface area contributed by atoms with Gasteiger partial charge in [-0.15, -0.1) is 0 Å². The minimum Gasteiger partial charge on any atom is -0.406 e. The van der Waals surface area contributed by atoms with Crippen molar-refractivity contribution in [3.05, 3.63) is 35.9 Å². The highest BCUT2D eigenvalue weighted by Crippen LogP contribution is 2.35. The molecule has 146 valence electrons. The van der Waals surface area contributed by atoms with Crippen molar-refractivity contribution < 1.29 is 14.0 Å². The van der Waals surface area contributed by atoms with Gasteiger partial charge < -0.3 is 4.43 Å². The van der Waals surface area contributed by atoms with Crippen LogP contribution in [-0.2, 0) is 14.0 Å². The molecular formula is C22H36O3Si. The van der Waals surface area contributed by atoms with E-state index in [-0.39, 0.29) is 23.4 Å². The second kappa shape index (κ2) is 8.18. The van der Waals surface area contributed by atoms with Crippen LogP contribution >= 0.6 is 0 Å². The van der Waals surface area contributed by atoms with Gasteiger partial charge in [-0.05, 0) is 39.1 Å². The molecule has 2 atom stereocenters. The molecule has 0 fully saturated rings. The number of hydrogen-bond acceptors (Lipinski definition) is 3. The average Bonchev–Trinajstić information content (AvgIpc) is 2.48. The monoisotopic (exact) mass is 376 g/mol. The van der Waals surface area contributed by atoms with Gasteiger partial charge in [0, 0.05) is 23.7 Å². The first kappa shape index (κ1) is 22.8. The van der Waals surface area contributed by atoms with Gasteiger partial charge in [-0.1, -0.05) is 58.0 Å². The van der Waals surface area contributed by atoms with Gasteiger partial charge in [0.1, 0.15) is 11.4 Å². The second-order valence-corrected chi connectivity index (χ2v) is 14.2. The molecule has 3 nitrogen and oxygen atoms in total. The fraction of sp³-hybridized carbons (Fsp3) is 0.636. The van der Waals surface area contributed by atoms with Crippen LogP contribution in [-0.4, -0.2) is 25.5 Å². The molecular weight excluding hydrogens is 340 g/mol. The topological polar surface area (TPSA) is 43.4 Å². The lowest BCUT2D eigenvalue weighted by Crippen LogP contribution is -2.47. The summed E-state index contributed by atoms with van der Waals surface area (Å²) >= 11 is 0. The molecule has 0 saturated carbocycles. The van der Waals surface area contributed by atoms with Crippen molar-refractivity contribution in [3.63, 3.8) is 0 Å². The van der Waals surface area contributed by atoms with Gasteiger partial charge in [0.05, 0.1) is 0 Å². The van der Waals surface area contributed by atoms with Crippen LogP contribution in [0.3, 0.4) is 0 Å². The third-order valence-electron chi connectivity index (χ3n) is 4.64.